The van der Waals surface area contributed by atoms with Crippen LogP contribution in [0.1, 0.15) is 16.1 Å². The third kappa shape index (κ3) is 3.67. The predicted octanol–water partition coefficient (Wildman–Crippen LogP) is 0.639. The lowest BCUT2D eigenvalue weighted by molar-refractivity contribution is 0.0696. The van der Waals surface area contributed by atoms with E-state index in [0.717, 1.165) is 11.8 Å². The molecule has 0 atom stereocenters. The molecule has 1 heterocycles. The smallest absolute Gasteiger partial charge is 0.335 e. The number of nitrogens with zero attached hydrogens (tertiary/aromatic N) is 2. The van der Waals surface area contributed by atoms with Gasteiger partial charge in [0, 0.05) is 31.9 Å². The van der Waals surface area contributed by atoms with Crippen LogP contribution in [0.25, 0.3) is 0 Å². The summed E-state index contributed by atoms with van der Waals surface area (Å²) in [6.45, 7) is 0.208. The van der Waals surface area contributed by atoms with E-state index in [-0.39, 0.29) is 17.0 Å². The van der Waals surface area contributed by atoms with Crippen LogP contribution < -0.4 is 4.72 Å². The van der Waals surface area contributed by atoms with Crippen LogP contribution in [-0.2, 0) is 23.5 Å². The second kappa shape index (κ2) is 6.06. The van der Waals surface area contributed by atoms with E-state index >= 15 is 0 Å². The van der Waals surface area contributed by atoms with Crippen molar-refractivity contribution in [3.63, 3.8) is 0 Å². The molecule has 0 amide bonds. The number of sulfonamides is 1. The maximum Gasteiger partial charge on any atom is 0.335 e. The largest absolute Gasteiger partial charge is 0.478 e. The minimum absolute atomic E-state index is 0.0626. The fourth-order valence-corrected chi connectivity index (χ4v) is 2.92. The number of rotatable bonds is 6. The van der Waals surface area contributed by atoms with E-state index in [1.165, 1.54) is 18.2 Å². The van der Waals surface area contributed by atoms with E-state index < -0.39 is 16.0 Å². The number of aromatic carboxylic acids is 1. The highest BCUT2D eigenvalue weighted by molar-refractivity contribution is 7.89. The van der Waals surface area contributed by atoms with Crippen molar-refractivity contribution in [1.29, 1.82) is 0 Å². The van der Waals surface area contributed by atoms with Crippen LogP contribution in [0.3, 0.4) is 0 Å². The summed E-state index contributed by atoms with van der Waals surface area (Å²) >= 11 is 0. The van der Waals surface area contributed by atoms with Crippen molar-refractivity contribution in [1.82, 2.24) is 14.5 Å². The second-order valence-corrected chi connectivity index (χ2v) is 6.19. The van der Waals surface area contributed by atoms with Gasteiger partial charge in [-0.15, -0.1) is 0 Å². The summed E-state index contributed by atoms with van der Waals surface area (Å²) in [6, 6.07) is 7.04. The predicted molar refractivity (Wildman–Crippen MR) is 75.5 cm³/mol. The van der Waals surface area contributed by atoms with Gasteiger partial charge in [0.05, 0.1) is 10.5 Å². The quantitative estimate of drug-likeness (QED) is 0.815. The number of benzene rings is 1. The lowest BCUT2D eigenvalue weighted by Crippen LogP contribution is -2.26. The molecule has 0 bridgehead atoms. The van der Waals surface area contributed by atoms with Crippen molar-refractivity contribution in [3.05, 3.63) is 47.8 Å². The highest BCUT2D eigenvalue weighted by atomic mass is 32.2. The molecule has 0 aliphatic carbocycles. The van der Waals surface area contributed by atoms with Crippen LogP contribution in [0.2, 0.25) is 0 Å². The number of carboxylic acids is 1. The molecule has 1 aromatic carbocycles. The molecule has 8 heteroatoms. The van der Waals surface area contributed by atoms with Crippen molar-refractivity contribution in [2.45, 2.75) is 11.3 Å². The highest BCUT2D eigenvalue weighted by Gasteiger charge is 2.15. The Kier molecular flexibility index (Phi) is 4.39. The zero-order chi connectivity index (χ0) is 15.5. The minimum Gasteiger partial charge on any atom is -0.478 e. The van der Waals surface area contributed by atoms with Gasteiger partial charge in [0.15, 0.2) is 0 Å². The number of hydrogen-bond donors (Lipinski definition) is 2. The number of carbonyl (C=O) groups is 1. The average Bonchev–Trinajstić information content (AvgIpc) is 2.84. The van der Waals surface area contributed by atoms with E-state index in [0.29, 0.717) is 6.42 Å². The summed E-state index contributed by atoms with van der Waals surface area (Å²) < 4.78 is 28.3. The zero-order valence-electron chi connectivity index (χ0n) is 11.4. The van der Waals surface area contributed by atoms with Gasteiger partial charge in [-0.1, -0.05) is 6.07 Å². The standard InChI is InChI=1S/C13H15N3O4S/c1-16-11(5-7-14-16)6-8-15-21(19,20)12-4-2-3-10(9-12)13(17)18/h2-5,7,9,15H,6,8H2,1H3,(H,17,18). The van der Waals surface area contributed by atoms with Gasteiger partial charge in [0.2, 0.25) is 10.0 Å². The van der Waals surface area contributed by atoms with Crippen LogP contribution in [0.4, 0.5) is 0 Å². The van der Waals surface area contributed by atoms with E-state index in [1.807, 2.05) is 0 Å². The van der Waals surface area contributed by atoms with E-state index in [2.05, 4.69) is 9.82 Å². The van der Waals surface area contributed by atoms with Crippen molar-refractivity contribution >= 4 is 16.0 Å². The van der Waals surface area contributed by atoms with Crippen molar-refractivity contribution in [2.24, 2.45) is 7.05 Å². The van der Waals surface area contributed by atoms with Crippen molar-refractivity contribution in [2.75, 3.05) is 6.54 Å². The molecule has 0 spiro atoms. The molecule has 2 N–H and O–H groups in total. The molecule has 1 aromatic heterocycles. The van der Waals surface area contributed by atoms with Crippen molar-refractivity contribution in [3.8, 4) is 0 Å². The summed E-state index contributed by atoms with van der Waals surface area (Å²) in [7, 11) is -1.95. The molecular formula is C13H15N3O4S. The molecule has 0 saturated carbocycles. The first-order chi connectivity index (χ1) is 9.90. The molecule has 112 valence electrons. The van der Waals surface area contributed by atoms with Gasteiger partial charge in [-0.05, 0) is 24.3 Å². The Bertz CT molecular complexity index is 752. The molecule has 7 nitrogen and oxygen atoms in total. The van der Waals surface area contributed by atoms with Crippen LogP contribution in [0.5, 0.6) is 0 Å². The monoisotopic (exact) mass is 309 g/mol. The molecular weight excluding hydrogens is 294 g/mol. The maximum atomic E-state index is 12.1. The topological polar surface area (TPSA) is 101 Å². The van der Waals surface area contributed by atoms with E-state index in [1.54, 1.807) is 24.0 Å². The molecule has 0 fully saturated rings. The Hall–Kier alpha value is -2.19. The zero-order valence-corrected chi connectivity index (χ0v) is 12.2. The number of aryl methyl sites for hydroxylation is 1. The van der Waals surface area contributed by atoms with Gasteiger partial charge in [-0.25, -0.2) is 17.9 Å². The van der Waals surface area contributed by atoms with Crippen LogP contribution >= 0.6 is 0 Å². The Labute approximate surface area is 122 Å². The third-order valence-electron chi connectivity index (χ3n) is 2.99. The summed E-state index contributed by atoms with van der Waals surface area (Å²) in [6.07, 6.45) is 2.13. The SMILES string of the molecule is Cn1nccc1CCNS(=O)(=O)c1cccc(C(=O)O)c1. The van der Waals surface area contributed by atoms with Crippen LogP contribution in [-0.4, -0.2) is 35.8 Å². The van der Waals surface area contributed by atoms with Gasteiger partial charge in [0.1, 0.15) is 0 Å². The first-order valence-corrected chi connectivity index (χ1v) is 7.68. The fourth-order valence-electron chi connectivity index (χ4n) is 1.84. The molecule has 0 saturated heterocycles. The minimum atomic E-state index is -3.73. The Morgan fingerprint density at radius 2 is 2.14 bits per heavy atom. The first kappa shape index (κ1) is 15.2. The van der Waals surface area contributed by atoms with Gasteiger partial charge in [-0.3, -0.25) is 4.68 Å². The van der Waals surface area contributed by atoms with Gasteiger partial charge < -0.3 is 5.11 Å². The molecule has 2 rings (SSSR count). The Morgan fingerprint density at radius 1 is 1.38 bits per heavy atom. The summed E-state index contributed by atoms with van der Waals surface area (Å²) in [5.41, 5.74) is 0.835. The van der Waals surface area contributed by atoms with Gasteiger partial charge in [-0.2, -0.15) is 5.10 Å². The fraction of sp³-hybridized carbons (Fsp3) is 0.231. The number of nitrogens with one attached hydrogen (secondary N) is 1. The number of hydrogen-bond acceptors (Lipinski definition) is 4. The van der Waals surface area contributed by atoms with Crippen LogP contribution in [0, 0.1) is 0 Å². The summed E-state index contributed by atoms with van der Waals surface area (Å²) in [5, 5.41) is 12.9. The van der Waals surface area contributed by atoms with Crippen LogP contribution in [0.15, 0.2) is 41.4 Å². The molecule has 0 aliphatic heterocycles. The molecule has 21 heavy (non-hydrogen) atoms. The van der Waals surface area contributed by atoms with Crippen molar-refractivity contribution < 1.29 is 18.3 Å². The van der Waals surface area contributed by atoms with Gasteiger partial charge >= 0.3 is 5.97 Å². The Morgan fingerprint density at radius 3 is 2.76 bits per heavy atom. The average molecular weight is 309 g/mol. The number of carboxylic acid groups (broad SMARTS) is 1. The highest BCUT2D eigenvalue weighted by Crippen LogP contribution is 2.11. The normalized spacial score (nSPS) is 11.5. The Balaban J connectivity index is 2.06. The molecule has 0 unspecified atom stereocenters. The third-order valence-corrected chi connectivity index (χ3v) is 4.45. The lowest BCUT2D eigenvalue weighted by atomic mass is 10.2. The van der Waals surface area contributed by atoms with E-state index in [9.17, 15) is 13.2 Å². The maximum absolute atomic E-state index is 12.1. The van der Waals surface area contributed by atoms with Gasteiger partial charge in [0.25, 0.3) is 0 Å². The summed E-state index contributed by atoms with van der Waals surface area (Å²) in [4.78, 5) is 10.8. The number of aromatic nitrogens is 2. The first-order valence-electron chi connectivity index (χ1n) is 6.20. The molecule has 0 radical (unpaired) electrons. The van der Waals surface area contributed by atoms with E-state index in [4.69, 9.17) is 5.11 Å². The lowest BCUT2D eigenvalue weighted by Gasteiger charge is -2.07. The molecule has 2 aromatic rings. The second-order valence-electron chi connectivity index (χ2n) is 4.43. The molecule has 0 aliphatic rings. The summed E-state index contributed by atoms with van der Waals surface area (Å²) in [5.74, 6) is -1.16.